The van der Waals surface area contributed by atoms with Crippen molar-refractivity contribution in [1.29, 1.82) is 0 Å². The molecule has 2 rings (SSSR count). The Kier molecular flexibility index (Phi) is 5.51. The summed E-state index contributed by atoms with van der Waals surface area (Å²) < 4.78 is 0.782. The van der Waals surface area contributed by atoms with Gasteiger partial charge in [-0.05, 0) is 25.0 Å². The van der Waals surface area contributed by atoms with E-state index in [1.54, 1.807) is 12.1 Å². The van der Waals surface area contributed by atoms with Crippen LogP contribution in [0.3, 0.4) is 0 Å². The topological polar surface area (TPSA) is 41.1 Å². The second-order valence-electron chi connectivity index (χ2n) is 4.65. The molecule has 1 aromatic carbocycles. The maximum absolute atomic E-state index is 11.9. The summed E-state index contributed by atoms with van der Waals surface area (Å²) in [6.45, 7) is 0.285. The minimum Gasteiger partial charge on any atom is -0.322 e. The molecule has 6 heteroatoms. The summed E-state index contributed by atoms with van der Waals surface area (Å²) in [4.78, 5) is 11.9. The number of hydrogen-bond donors (Lipinski definition) is 2. The average molecular weight is 366 g/mol. The molecular formula is C13H15BrCl2N2O. The number of nitrogens with one attached hydrogen (secondary N) is 2. The van der Waals surface area contributed by atoms with E-state index in [-0.39, 0.29) is 12.5 Å². The lowest BCUT2D eigenvalue weighted by Gasteiger charge is -2.13. The van der Waals surface area contributed by atoms with Crippen LogP contribution in [0.4, 0.5) is 5.69 Å². The van der Waals surface area contributed by atoms with Gasteiger partial charge in [-0.3, -0.25) is 4.79 Å². The van der Waals surface area contributed by atoms with Crippen LogP contribution in [0.2, 0.25) is 10.0 Å². The van der Waals surface area contributed by atoms with Crippen molar-refractivity contribution in [2.75, 3.05) is 11.9 Å². The maximum atomic E-state index is 11.9. The van der Waals surface area contributed by atoms with Gasteiger partial charge in [0, 0.05) is 10.5 Å². The fourth-order valence-electron chi connectivity index (χ4n) is 2.21. The van der Waals surface area contributed by atoms with Gasteiger partial charge in [0.15, 0.2) is 0 Å². The van der Waals surface area contributed by atoms with Gasteiger partial charge < -0.3 is 10.6 Å². The average Bonchev–Trinajstić information content (AvgIpc) is 2.84. The summed E-state index contributed by atoms with van der Waals surface area (Å²) in [5.74, 6) is -0.127. The molecule has 0 unspecified atom stereocenters. The second-order valence-corrected chi connectivity index (χ2v) is 6.38. The van der Waals surface area contributed by atoms with E-state index in [4.69, 9.17) is 23.2 Å². The highest BCUT2D eigenvalue weighted by molar-refractivity contribution is 9.10. The van der Waals surface area contributed by atoms with E-state index in [1.807, 2.05) is 0 Å². The maximum Gasteiger partial charge on any atom is 0.238 e. The third-order valence-corrected chi connectivity index (χ3v) is 4.23. The number of rotatable bonds is 4. The molecule has 0 bridgehead atoms. The summed E-state index contributed by atoms with van der Waals surface area (Å²) in [7, 11) is 0. The van der Waals surface area contributed by atoms with Crippen LogP contribution in [0, 0.1) is 0 Å². The molecule has 0 aromatic heterocycles. The predicted octanol–water partition coefficient (Wildman–Crippen LogP) is 4.23. The van der Waals surface area contributed by atoms with Gasteiger partial charge in [0.05, 0.1) is 22.3 Å². The van der Waals surface area contributed by atoms with Gasteiger partial charge >= 0.3 is 0 Å². The summed E-state index contributed by atoms with van der Waals surface area (Å²) in [5.41, 5.74) is 0.463. The highest BCUT2D eigenvalue weighted by Gasteiger charge is 2.16. The molecule has 0 radical (unpaired) electrons. The lowest BCUT2D eigenvalue weighted by molar-refractivity contribution is -0.115. The van der Waals surface area contributed by atoms with Crippen molar-refractivity contribution in [3.8, 4) is 0 Å². The molecule has 0 heterocycles. The summed E-state index contributed by atoms with van der Waals surface area (Å²) >= 11 is 15.4. The zero-order chi connectivity index (χ0) is 13.8. The number of halogens is 3. The number of anilines is 1. The van der Waals surface area contributed by atoms with E-state index in [9.17, 15) is 4.79 Å². The van der Waals surface area contributed by atoms with Gasteiger partial charge in [-0.1, -0.05) is 52.0 Å². The number of benzene rings is 1. The van der Waals surface area contributed by atoms with E-state index in [0.717, 1.165) is 17.3 Å². The molecular weight excluding hydrogens is 351 g/mol. The van der Waals surface area contributed by atoms with Crippen molar-refractivity contribution in [2.45, 2.75) is 31.7 Å². The molecule has 1 fully saturated rings. The Balaban J connectivity index is 1.91. The molecule has 1 aromatic rings. The third kappa shape index (κ3) is 4.35. The largest absolute Gasteiger partial charge is 0.322 e. The molecule has 104 valence electrons. The van der Waals surface area contributed by atoms with Crippen LogP contribution >= 0.6 is 39.1 Å². The molecule has 2 N–H and O–H groups in total. The summed E-state index contributed by atoms with van der Waals surface area (Å²) in [6.07, 6.45) is 4.77. The SMILES string of the molecule is O=C(CNC1CCCC1)Nc1c(Cl)cc(Br)cc1Cl. The molecule has 1 saturated carbocycles. The van der Waals surface area contributed by atoms with Gasteiger partial charge in [0.1, 0.15) is 0 Å². The predicted molar refractivity (Wildman–Crippen MR) is 83.1 cm³/mol. The fraction of sp³-hybridized carbons (Fsp3) is 0.462. The first-order chi connectivity index (χ1) is 9.06. The monoisotopic (exact) mass is 364 g/mol. The highest BCUT2D eigenvalue weighted by atomic mass is 79.9. The van der Waals surface area contributed by atoms with Crippen LogP contribution in [0.25, 0.3) is 0 Å². The van der Waals surface area contributed by atoms with Crippen molar-refractivity contribution in [1.82, 2.24) is 5.32 Å². The number of hydrogen-bond acceptors (Lipinski definition) is 2. The van der Waals surface area contributed by atoms with Gasteiger partial charge in [-0.2, -0.15) is 0 Å². The van der Waals surface area contributed by atoms with E-state index in [1.165, 1.54) is 12.8 Å². The van der Waals surface area contributed by atoms with Crippen LogP contribution in [0.15, 0.2) is 16.6 Å². The van der Waals surface area contributed by atoms with Gasteiger partial charge in [-0.25, -0.2) is 0 Å². The van der Waals surface area contributed by atoms with Crippen molar-refractivity contribution in [2.24, 2.45) is 0 Å². The number of amides is 1. The molecule has 0 saturated heterocycles. The van der Waals surface area contributed by atoms with Crippen LogP contribution in [0.5, 0.6) is 0 Å². The quantitative estimate of drug-likeness (QED) is 0.838. The Morgan fingerprint density at radius 3 is 2.42 bits per heavy atom. The summed E-state index contributed by atoms with van der Waals surface area (Å²) in [5, 5.41) is 6.84. The first kappa shape index (κ1) is 15.1. The minimum atomic E-state index is -0.127. The lowest BCUT2D eigenvalue weighted by Crippen LogP contribution is -2.34. The molecule has 1 aliphatic rings. The van der Waals surface area contributed by atoms with Crippen LogP contribution in [-0.2, 0) is 4.79 Å². The molecule has 0 aliphatic heterocycles. The standard InChI is InChI=1S/C13H15BrCl2N2O/c14-8-5-10(15)13(11(16)6-8)18-12(19)7-17-9-3-1-2-4-9/h5-6,9,17H,1-4,7H2,(H,18,19). The Hall–Kier alpha value is -0.290. The first-order valence-electron chi connectivity index (χ1n) is 6.24. The molecule has 0 atom stereocenters. The lowest BCUT2D eigenvalue weighted by atomic mass is 10.2. The van der Waals surface area contributed by atoms with Gasteiger partial charge in [0.2, 0.25) is 5.91 Å². The number of carbonyl (C=O) groups is 1. The Morgan fingerprint density at radius 1 is 1.26 bits per heavy atom. The van der Waals surface area contributed by atoms with Crippen LogP contribution < -0.4 is 10.6 Å². The molecule has 0 spiro atoms. The molecule has 3 nitrogen and oxygen atoms in total. The third-order valence-electron chi connectivity index (χ3n) is 3.18. The Morgan fingerprint density at radius 2 is 1.84 bits per heavy atom. The van der Waals surface area contributed by atoms with Crippen LogP contribution in [-0.4, -0.2) is 18.5 Å². The van der Waals surface area contributed by atoms with Gasteiger partial charge in [0.25, 0.3) is 0 Å². The van der Waals surface area contributed by atoms with Crippen molar-refractivity contribution in [3.05, 3.63) is 26.7 Å². The normalized spacial score (nSPS) is 15.7. The van der Waals surface area contributed by atoms with E-state index < -0.39 is 0 Å². The second kappa shape index (κ2) is 6.93. The Labute approximate surface area is 131 Å². The van der Waals surface area contributed by atoms with Crippen molar-refractivity contribution < 1.29 is 4.79 Å². The molecule has 19 heavy (non-hydrogen) atoms. The smallest absolute Gasteiger partial charge is 0.238 e. The van der Waals surface area contributed by atoms with E-state index in [2.05, 4.69) is 26.6 Å². The van der Waals surface area contributed by atoms with Crippen molar-refractivity contribution >= 4 is 50.7 Å². The highest BCUT2D eigenvalue weighted by Crippen LogP contribution is 2.33. The van der Waals surface area contributed by atoms with Gasteiger partial charge in [-0.15, -0.1) is 0 Å². The molecule has 1 aliphatic carbocycles. The fourth-order valence-corrected chi connectivity index (χ4v) is 3.52. The van der Waals surface area contributed by atoms with Crippen LogP contribution in [0.1, 0.15) is 25.7 Å². The van der Waals surface area contributed by atoms with E-state index in [0.29, 0.717) is 21.8 Å². The first-order valence-corrected chi connectivity index (χ1v) is 7.79. The van der Waals surface area contributed by atoms with E-state index >= 15 is 0 Å². The van der Waals surface area contributed by atoms with Crippen molar-refractivity contribution in [3.63, 3.8) is 0 Å². The summed E-state index contributed by atoms with van der Waals surface area (Å²) in [6, 6.07) is 3.86. The Bertz CT molecular complexity index is 453. The molecule has 1 amide bonds. The zero-order valence-corrected chi connectivity index (χ0v) is 13.4. The number of carbonyl (C=O) groups excluding carboxylic acids is 1. The minimum absolute atomic E-state index is 0.127. The zero-order valence-electron chi connectivity index (χ0n) is 10.3.